The molecule has 4 rings (SSSR count). The number of thioether (sulfide) groups is 1. The van der Waals surface area contributed by atoms with E-state index in [1.165, 1.54) is 11.8 Å². The zero-order chi connectivity index (χ0) is 19.7. The van der Waals surface area contributed by atoms with Crippen molar-refractivity contribution in [3.05, 3.63) is 64.7 Å². The molecule has 0 N–H and O–H groups in total. The highest BCUT2D eigenvalue weighted by Crippen LogP contribution is 2.26. The summed E-state index contributed by atoms with van der Waals surface area (Å²) >= 11 is 1.50. The third-order valence-electron chi connectivity index (χ3n) is 4.59. The van der Waals surface area contributed by atoms with Gasteiger partial charge in [0.1, 0.15) is 11.6 Å². The van der Waals surface area contributed by atoms with E-state index in [2.05, 4.69) is 15.2 Å². The molecular formula is C20H19N5O2S. The van der Waals surface area contributed by atoms with Gasteiger partial charge in [0.25, 0.3) is 5.56 Å². The van der Waals surface area contributed by atoms with E-state index >= 15 is 0 Å². The van der Waals surface area contributed by atoms with Crippen LogP contribution in [-0.4, -0.2) is 31.4 Å². The van der Waals surface area contributed by atoms with Crippen molar-refractivity contribution < 1.29 is 4.74 Å². The molecule has 0 atom stereocenters. The first-order valence-electron chi connectivity index (χ1n) is 8.69. The van der Waals surface area contributed by atoms with Crippen LogP contribution in [0.4, 0.5) is 0 Å². The lowest BCUT2D eigenvalue weighted by Crippen LogP contribution is -2.21. The maximum Gasteiger partial charge on any atom is 0.261 e. The second kappa shape index (κ2) is 7.47. The number of nitrogens with zero attached hydrogens (tertiary/aromatic N) is 5. The molecule has 7 nitrogen and oxygen atoms in total. The van der Waals surface area contributed by atoms with E-state index < -0.39 is 0 Å². The van der Waals surface area contributed by atoms with Gasteiger partial charge in [0.15, 0.2) is 11.0 Å². The lowest BCUT2D eigenvalue weighted by atomic mass is 10.2. The lowest BCUT2D eigenvalue weighted by molar-refractivity contribution is 0.415. The molecule has 0 spiro atoms. The van der Waals surface area contributed by atoms with Crippen LogP contribution in [0.5, 0.6) is 5.75 Å². The molecule has 2 aromatic heterocycles. The minimum atomic E-state index is -0.0434. The molecule has 0 fully saturated rings. The maximum atomic E-state index is 12.5. The smallest absolute Gasteiger partial charge is 0.261 e. The number of hydrogen-bond acceptors (Lipinski definition) is 6. The Hall–Kier alpha value is -3.13. The van der Waals surface area contributed by atoms with E-state index in [1.807, 2.05) is 54.1 Å². The summed E-state index contributed by atoms with van der Waals surface area (Å²) in [5.74, 6) is 2.78. The molecule has 0 aliphatic rings. The van der Waals surface area contributed by atoms with Gasteiger partial charge in [-0.2, -0.15) is 0 Å². The minimum absolute atomic E-state index is 0.0434. The topological polar surface area (TPSA) is 74.8 Å². The summed E-state index contributed by atoms with van der Waals surface area (Å²) in [6, 6.07) is 15.1. The maximum absolute atomic E-state index is 12.5. The van der Waals surface area contributed by atoms with E-state index in [9.17, 15) is 4.79 Å². The van der Waals surface area contributed by atoms with Crippen LogP contribution in [-0.2, 0) is 19.8 Å². The predicted molar refractivity (Wildman–Crippen MR) is 110 cm³/mol. The van der Waals surface area contributed by atoms with E-state index in [1.54, 1.807) is 24.8 Å². The first kappa shape index (κ1) is 18.2. The first-order chi connectivity index (χ1) is 13.6. The molecule has 28 heavy (non-hydrogen) atoms. The fourth-order valence-corrected chi connectivity index (χ4v) is 3.85. The number of methoxy groups -OCH3 is 1. The highest BCUT2D eigenvalue weighted by molar-refractivity contribution is 7.98. The Labute approximate surface area is 166 Å². The summed E-state index contributed by atoms with van der Waals surface area (Å²) in [5.41, 5.74) is 1.62. The number of rotatable bonds is 5. The average Bonchev–Trinajstić information content (AvgIpc) is 3.10. The quantitative estimate of drug-likeness (QED) is 0.485. The third kappa shape index (κ3) is 3.27. The minimum Gasteiger partial charge on any atom is -0.497 e. The molecule has 0 saturated carbocycles. The number of fused-ring (bicyclic) bond motifs is 1. The van der Waals surface area contributed by atoms with Gasteiger partial charge in [-0.1, -0.05) is 23.9 Å². The largest absolute Gasteiger partial charge is 0.497 e. The molecular weight excluding hydrogens is 374 g/mol. The van der Waals surface area contributed by atoms with Gasteiger partial charge in [-0.05, 0) is 36.4 Å². The van der Waals surface area contributed by atoms with Gasteiger partial charge < -0.3 is 9.30 Å². The van der Waals surface area contributed by atoms with E-state index in [-0.39, 0.29) is 5.56 Å². The zero-order valence-electron chi connectivity index (χ0n) is 15.8. The van der Waals surface area contributed by atoms with Crippen LogP contribution in [0.15, 0.2) is 58.5 Å². The lowest BCUT2D eigenvalue weighted by Gasteiger charge is -2.09. The summed E-state index contributed by atoms with van der Waals surface area (Å²) in [5, 5.41) is 9.98. The Kier molecular flexibility index (Phi) is 4.87. The third-order valence-corrected chi connectivity index (χ3v) is 5.61. The molecule has 0 amide bonds. The highest BCUT2D eigenvalue weighted by Gasteiger charge is 2.14. The van der Waals surface area contributed by atoms with Gasteiger partial charge in [0.05, 0.1) is 23.8 Å². The molecule has 142 valence electrons. The average molecular weight is 393 g/mol. The van der Waals surface area contributed by atoms with Gasteiger partial charge in [-0.25, -0.2) is 4.98 Å². The second-order valence-electron chi connectivity index (χ2n) is 6.29. The van der Waals surface area contributed by atoms with Crippen molar-refractivity contribution in [2.45, 2.75) is 10.9 Å². The van der Waals surface area contributed by atoms with Crippen molar-refractivity contribution in [3.63, 3.8) is 0 Å². The first-order valence-corrected chi connectivity index (χ1v) is 9.68. The van der Waals surface area contributed by atoms with Crippen molar-refractivity contribution in [1.29, 1.82) is 0 Å². The molecule has 0 aliphatic carbocycles. The van der Waals surface area contributed by atoms with E-state index in [0.29, 0.717) is 22.5 Å². The van der Waals surface area contributed by atoms with Crippen LogP contribution in [0.25, 0.3) is 22.3 Å². The summed E-state index contributed by atoms with van der Waals surface area (Å²) in [6.45, 7) is 0. The molecule has 0 saturated heterocycles. The molecule has 2 heterocycles. The molecule has 2 aromatic carbocycles. The summed E-state index contributed by atoms with van der Waals surface area (Å²) in [7, 11) is 5.31. The summed E-state index contributed by atoms with van der Waals surface area (Å²) < 4.78 is 8.73. The van der Waals surface area contributed by atoms with Crippen LogP contribution in [0, 0.1) is 0 Å². The van der Waals surface area contributed by atoms with Crippen LogP contribution in [0.2, 0.25) is 0 Å². The fourth-order valence-electron chi connectivity index (χ4n) is 2.95. The van der Waals surface area contributed by atoms with E-state index in [4.69, 9.17) is 4.74 Å². The van der Waals surface area contributed by atoms with Gasteiger partial charge in [-0.15, -0.1) is 10.2 Å². The normalized spacial score (nSPS) is 11.1. The van der Waals surface area contributed by atoms with Crippen molar-refractivity contribution in [2.75, 3.05) is 7.11 Å². The van der Waals surface area contributed by atoms with Gasteiger partial charge in [0.2, 0.25) is 0 Å². The number of hydrogen-bond donors (Lipinski definition) is 0. The Morgan fingerprint density at radius 1 is 1.00 bits per heavy atom. The van der Waals surface area contributed by atoms with Crippen molar-refractivity contribution >= 4 is 22.7 Å². The number of para-hydroxylation sites is 1. The zero-order valence-corrected chi connectivity index (χ0v) is 16.6. The number of ether oxygens (including phenoxy) is 1. The molecule has 0 bridgehead atoms. The highest BCUT2D eigenvalue weighted by atomic mass is 32.2. The standard InChI is InChI=1S/C20H19N5O2S/c1-24-17(21-16-7-5-4-6-15(16)19(24)26)12-28-20-23-22-18(25(20)2)13-8-10-14(27-3)11-9-13/h4-11H,12H2,1-3H3. The Balaban J connectivity index is 1.59. The Bertz CT molecular complexity index is 1200. The number of aromatic nitrogens is 5. The van der Waals surface area contributed by atoms with Crippen LogP contribution in [0.1, 0.15) is 5.82 Å². The van der Waals surface area contributed by atoms with Crippen LogP contribution >= 0.6 is 11.8 Å². The second-order valence-corrected chi connectivity index (χ2v) is 7.23. The van der Waals surface area contributed by atoms with Gasteiger partial charge >= 0.3 is 0 Å². The van der Waals surface area contributed by atoms with Crippen molar-refractivity contribution in [2.24, 2.45) is 14.1 Å². The number of benzene rings is 2. The van der Waals surface area contributed by atoms with Crippen LogP contribution < -0.4 is 10.3 Å². The predicted octanol–water partition coefficient (Wildman–Crippen LogP) is 3.03. The SMILES string of the molecule is COc1ccc(-c2nnc(SCc3nc4ccccc4c(=O)n3C)n2C)cc1. The molecule has 0 unspecified atom stereocenters. The van der Waals surface area contributed by atoms with Gasteiger partial charge in [-0.3, -0.25) is 9.36 Å². The van der Waals surface area contributed by atoms with Gasteiger partial charge in [0, 0.05) is 19.7 Å². The van der Waals surface area contributed by atoms with Crippen molar-refractivity contribution in [1.82, 2.24) is 24.3 Å². The van der Waals surface area contributed by atoms with Crippen molar-refractivity contribution in [3.8, 4) is 17.1 Å². The molecule has 4 aromatic rings. The van der Waals surface area contributed by atoms with Crippen LogP contribution in [0.3, 0.4) is 0 Å². The molecule has 0 aliphatic heterocycles. The fraction of sp³-hybridized carbons (Fsp3) is 0.200. The monoisotopic (exact) mass is 393 g/mol. The molecule has 8 heteroatoms. The Morgan fingerprint density at radius 3 is 2.50 bits per heavy atom. The van der Waals surface area contributed by atoms with E-state index in [0.717, 1.165) is 22.3 Å². The summed E-state index contributed by atoms with van der Waals surface area (Å²) in [4.78, 5) is 17.2. The Morgan fingerprint density at radius 2 is 1.75 bits per heavy atom. The molecule has 0 radical (unpaired) electrons. The summed E-state index contributed by atoms with van der Waals surface area (Å²) in [6.07, 6.45) is 0.